The van der Waals surface area contributed by atoms with E-state index in [0.29, 0.717) is 4.91 Å². The van der Waals surface area contributed by atoms with Crippen molar-refractivity contribution in [2.75, 3.05) is 0 Å². The van der Waals surface area contributed by atoms with Crippen molar-refractivity contribution < 1.29 is 9.59 Å². The summed E-state index contributed by atoms with van der Waals surface area (Å²) in [5.74, 6) is -0.365. The molecule has 3 aromatic heterocycles. The molecular formula is C16H10N4O2S. The molecule has 0 spiro atoms. The number of fused-ring (bicyclic) bond motifs is 1. The van der Waals surface area contributed by atoms with E-state index in [0.717, 1.165) is 34.4 Å². The second-order valence-corrected chi connectivity index (χ2v) is 5.92. The number of imide groups is 1. The van der Waals surface area contributed by atoms with Gasteiger partial charge in [-0.1, -0.05) is 6.07 Å². The first kappa shape index (κ1) is 13.7. The van der Waals surface area contributed by atoms with Gasteiger partial charge in [-0.25, -0.2) is 4.98 Å². The van der Waals surface area contributed by atoms with Crippen LogP contribution in [0.4, 0.5) is 4.79 Å². The van der Waals surface area contributed by atoms with Gasteiger partial charge in [0.2, 0.25) is 0 Å². The summed E-state index contributed by atoms with van der Waals surface area (Å²) in [6.45, 7) is 0. The third-order valence-corrected chi connectivity index (χ3v) is 4.21. The summed E-state index contributed by atoms with van der Waals surface area (Å²) in [5.41, 5.74) is 3.26. The Bertz CT molecular complexity index is 963. The van der Waals surface area contributed by atoms with Gasteiger partial charge in [0.1, 0.15) is 5.65 Å². The molecule has 0 unspecified atom stereocenters. The fraction of sp³-hybridized carbons (Fsp3) is 0. The zero-order chi connectivity index (χ0) is 15.8. The van der Waals surface area contributed by atoms with Gasteiger partial charge in [-0.15, -0.1) is 0 Å². The Kier molecular flexibility index (Phi) is 3.20. The van der Waals surface area contributed by atoms with Gasteiger partial charge in [0.15, 0.2) is 0 Å². The van der Waals surface area contributed by atoms with Crippen LogP contribution in [-0.2, 0) is 4.79 Å². The van der Waals surface area contributed by atoms with E-state index in [1.807, 2.05) is 40.9 Å². The number of hydrogen-bond acceptors (Lipinski definition) is 5. The Morgan fingerprint density at radius 3 is 2.78 bits per heavy atom. The zero-order valence-corrected chi connectivity index (χ0v) is 12.6. The van der Waals surface area contributed by atoms with Crippen molar-refractivity contribution in [2.45, 2.75) is 0 Å². The molecule has 3 aromatic rings. The first-order valence-electron chi connectivity index (χ1n) is 6.84. The van der Waals surface area contributed by atoms with Crippen molar-refractivity contribution in [3.63, 3.8) is 0 Å². The second-order valence-electron chi connectivity index (χ2n) is 4.90. The number of imidazole rings is 1. The first-order valence-corrected chi connectivity index (χ1v) is 7.66. The molecule has 1 aliphatic rings. The maximum Gasteiger partial charge on any atom is 0.290 e. The Morgan fingerprint density at radius 1 is 1.13 bits per heavy atom. The predicted octanol–water partition coefficient (Wildman–Crippen LogP) is 2.72. The number of carbonyl (C=O) groups excluding carboxylic acids is 2. The third-order valence-electron chi connectivity index (χ3n) is 3.40. The summed E-state index contributed by atoms with van der Waals surface area (Å²) in [6, 6.07) is 9.40. The normalized spacial score (nSPS) is 16.3. The molecule has 0 aromatic carbocycles. The van der Waals surface area contributed by atoms with Crippen molar-refractivity contribution in [2.24, 2.45) is 0 Å². The van der Waals surface area contributed by atoms with Crippen molar-refractivity contribution in [1.29, 1.82) is 0 Å². The largest absolute Gasteiger partial charge is 0.298 e. The van der Waals surface area contributed by atoms with Crippen LogP contribution in [0.1, 0.15) is 5.56 Å². The lowest BCUT2D eigenvalue weighted by Crippen LogP contribution is -2.17. The minimum atomic E-state index is -0.365. The van der Waals surface area contributed by atoms with Gasteiger partial charge in [-0.2, -0.15) is 0 Å². The van der Waals surface area contributed by atoms with E-state index < -0.39 is 0 Å². The van der Waals surface area contributed by atoms with Gasteiger partial charge in [0.25, 0.3) is 11.1 Å². The highest BCUT2D eigenvalue weighted by Crippen LogP contribution is 2.26. The average Bonchev–Trinajstić information content (AvgIpc) is 3.11. The van der Waals surface area contributed by atoms with E-state index >= 15 is 0 Å². The van der Waals surface area contributed by atoms with Gasteiger partial charge < -0.3 is 0 Å². The number of thioether (sulfide) groups is 1. The lowest BCUT2D eigenvalue weighted by atomic mass is 10.2. The minimum absolute atomic E-state index is 0.348. The molecule has 0 saturated carbocycles. The van der Waals surface area contributed by atoms with Crippen molar-refractivity contribution >= 4 is 34.6 Å². The molecule has 23 heavy (non-hydrogen) atoms. The molecule has 1 aliphatic heterocycles. The fourth-order valence-corrected chi connectivity index (χ4v) is 3.04. The van der Waals surface area contributed by atoms with Crippen LogP contribution in [0.3, 0.4) is 0 Å². The molecule has 1 N–H and O–H groups in total. The Labute approximate surface area is 135 Å². The van der Waals surface area contributed by atoms with E-state index in [9.17, 15) is 9.59 Å². The second kappa shape index (κ2) is 5.36. The predicted molar refractivity (Wildman–Crippen MR) is 87.5 cm³/mol. The van der Waals surface area contributed by atoms with Crippen LogP contribution in [0.2, 0.25) is 0 Å². The highest BCUT2D eigenvalue weighted by atomic mass is 32.2. The number of pyridine rings is 2. The van der Waals surface area contributed by atoms with Crippen molar-refractivity contribution in [3.8, 4) is 11.4 Å². The van der Waals surface area contributed by atoms with Gasteiger partial charge in [0.05, 0.1) is 22.5 Å². The number of carbonyl (C=O) groups is 2. The smallest absolute Gasteiger partial charge is 0.290 e. The molecule has 4 heterocycles. The maximum atomic E-state index is 11.6. The lowest BCUT2D eigenvalue weighted by Gasteiger charge is -2.02. The Morgan fingerprint density at radius 2 is 2.04 bits per heavy atom. The number of nitrogens with zero attached hydrogens (tertiary/aromatic N) is 3. The molecule has 1 fully saturated rings. The van der Waals surface area contributed by atoms with Crippen LogP contribution in [0.5, 0.6) is 0 Å². The van der Waals surface area contributed by atoms with E-state index in [-0.39, 0.29) is 11.1 Å². The van der Waals surface area contributed by atoms with Crippen LogP contribution in [0.25, 0.3) is 23.1 Å². The molecule has 0 aliphatic carbocycles. The Balaban J connectivity index is 1.80. The highest BCUT2D eigenvalue weighted by molar-refractivity contribution is 8.18. The number of hydrogen-bond donors (Lipinski definition) is 1. The van der Waals surface area contributed by atoms with E-state index in [1.165, 1.54) is 0 Å². The summed E-state index contributed by atoms with van der Waals surface area (Å²) in [4.78, 5) is 32.0. The zero-order valence-electron chi connectivity index (χ0n) is 11.8. The summed E-state index contributed by atoms with van der Waals surface area (Å²) in [5, 5.41) is 1.90. The van der Waals surface area contributed by atoms with Gasteiger partial charge in [0, 0.05) is 12.4 Å². The Hall–Kier alpha value is -2.93. The third kappa shape index (κ3) is 2.51. The number of aromatic nitrogens is 3. The summed E-state index contributed by atoms with van der Waals surface area (Å²) >= 11 is 0.901. The lowest BCUT2D eigenvalue weighted by molar-refractivity contribution is -0.115. The van der Waals surface area contributed by atoms with Gasteiger partial charge >= 0.3 is 0 Å². The van der Waals surface area contributed by atoms with Crippen molar-refractivity contribution in [1.82, 2.24) is 19.7 Å². The fourth-order valence-electron chi connectivity index (χ4n) is 2.36. The molecule has 6 nitrogen and oxygen atoms in total. The monoisotopic (exact) mass is 322 g/mol. The molecule has 1 saturated heterocycles. The molecule has 4 rings (SSSR count). The SMILES string of the molecule is O=C1NC(=O)C(=Cc2ccc3ncc(-c4ccccn4)n3c2)S1. The number of nitrogens with one attached hydrogen (secondary N) is 1. The molecule has 0 atom stereocenters. The highest BCUT2D eigenvalue weighted by Gasteiger charge is 2.24. The van der Waals surface area contributed by atoms with Crippen LogP contribution >= 0.6 is 11.8 Å². The number of rotatable bonds is 2. The first-order chi connectivity index (χ1) is 11.2. The van der Waals surface area contributed by atoms with E-state index in [4.69, 9.17) is 0 Å². The maximum absolute atomic E-state index is 11.6. The van der Waals surface area contributed by atoms with Crippen LogP contribution in [0, 0.1) is 0 Å². The molecule has 2 amide bonds. The van der Waals surface area contributed by atoms with Gasteiger partial charge in [-0.05, 0) is 47.7 Å². The van der Waals surface area contributed by atoms with E-state index in [2.05, 4.69) is 15.3 Å². The average molecular weight is 322 g/mol. The van der Waals surface area contributed by atoms with Crippen molar-refractivity contribution in [3.05, 3.63) is 59.4 Å². The summed E-state index contributed by atoms with van der Waals surface area (Å²) < 4.78 is 1.91. The van der Waals surface area contributed by atoms with Crippen LogP contribution in [0.15, 0.2) is 53.8 Å². The van der Waals surface area contributed by atoms with Crippen LogP contribution in [-0.4, -0.2) is 25.5 Å². The quantitative estimate of drug-likeness (QED) is 0.734. The summed E-state index contributed by atoms with van der Waals surface area (Å²) in [7, 11) is 0. The van der Waals surface area contributed by atoms with Crippen LogP contribution < -0.4 is 5.32 Å². The van der Waals surface area contributed by atoms with E-state index in [1.54, 1.807) is 18.5 Å². The molecular weight excluding hydrogens is 312 g/mol. The molecule has 0 bridgehead atoms. The molecule has 0 radical (unpaired) electrons. The standard InChI is InChI=1S/C16H10N4O2S/c21-15-13(23-16(22)19-15)7-10-4-5-14-18-8-12(20(14)9-10)11-3-1-2-6-17-11/h1-9H,(H,19,21,22). The van der Waals surface area contributed by atoms with Gasteiger partial charge in [-0.3, -0.25) is 24.3 Å². The molecule has 7 heteroatoms. The number of amides is 2. The molecule has 112 valence electrons. The minimum Gasteiger partial charge on any atom is -0.298 e. The summed E-state index contributed by atoms with van der Waals surface area (Å²) in [6.07, 6.45) is 7.04. The topological polar surface area (TPSA) is 76.4 Å².